The molecular weight excluding hydrogens is 318 g/mol. The van der Waals surface area contributed by atoms with Gasteiger partial charge >= 0.3 is 0 Å². The first kappa shape index (κ1) is 14.8. The van der Waals surface area contributed by atoms with Crippen LogP contribution in [-0.2, 0) is 0 Å². The summed E-state index contributed by atoms with van der Waals surface area (Å²) < 4.78 is 0.920. The number of anilines is 1. The zero-order valence-corrected chi connectivity index (χ0v) is 13.7. The van der Waals surface area contributed by atoms with E-state index in [0.717, 1.165) is 28.2 Å². The monoisotopic (exact) mass is 335 g/mol. The highest BCUT2D eigenvalue weighted by Crippen LogP contribution is 2.30. The van der Waals surface area contributed by atoms with Gasteiger partial charge < -0.3 is 5.32 Å². The van der Waals surface area contributed by atoms with Crippen LogP contribution in [0.1, 0.15) is 38.2 Å². The van der Waals surface area contributed by atoms with Crippen molar-refractivity contribution in [3.8, 4) is 11.5 Å². The fourth-order valence-corrected chi connectivity index (χ4v) is 2.60. The lowest BCUT2D eigenvalue weighted by Crippen LogP contribution is -2.08. The topological polar surface area (TPSA) is 63.6 Å². The lowest BCUT2D eigenvalue weighted by Gasteiger charge is -2.14. The number of aryl methyl sites for hydroxylation is 1. The van der Waals surface area contributed by atoms with E-state index in [2.05, 4.69) is 55.0 Å². The first-order valence-electron chi connectivity index (χ1n) is 6.64. The molecule has 2 aromatic rings. The number of hydrogen-bond acceptors (Lipinski definition) is 5. The minimum absolute atomic E-state index is 0.298. The fraction of sp³-hybridized carbons (Fsp3) is 0.429. The number of rotatable bonds is 4. The maximum absolute atomic E-state index is 4.64. The Balaban J connectivity index is 2.58. The molecule has 0 atom stereocenters. The molecule has 0 saturated heterocycles. The van der Waals surface area contributed by atoms with Crippen molar-refractivity contribution in [2.45, 2.75) is 33.6 Å². The second-order valence-electron chi connectivity index (χ2n) is 4.77. The molecule has 2 rings (SSSR count). The van der Waals surface area contributed by atoms with Crippen molar-refractivity contribution in [1.29, 1.82) is 0 Å². The van der Waals surface area contributed by atoms with Crippen molar-refractivity contribution in [3.63, 3.8) is 0 Å². The highest BCUT2D eigenvalue weighted by Gasteiger charge is 2.16. The second-order valence-corrected chi connectivity index (χ2v) is 5.56. The van der Waals surface area contributed by atoms with E-state index in [9.17, 15) is 0 Å². The van der Waals surface area contributed by atoms with Gasteiger partial charge in [-0.1, -0.05) is 13.8 Å². The van der Waals surface area contributed by atoms with Crippen LogP contribution in [0.3, 0.4) is 0 Å². The number of halogens is 1. The molecule has 20 heavy (non-hydrogen) atoms. The third-order valence-electron chi connectivity index (χ3n) is 2.77. The van der Waals surface area contributed by atoms with Crippen molar-refractivity contribution in [2.24, 2.45) is 0 Å². The molecule has 1 N–H and O–H groups in total. The van der Waals surface area contributed by atoms with Crippen molar-refractivity contribution < 1.29 is 0 Å². The molecule has 106 valence electrons. The molecule has 0 unspecified atom stereocenters. The minimum atomic E-state index is 0.298. The van der Waals surface area contributed by atoms with Gasteiger partial charge in [0.2, 0.25) is 0 Å². The molecule has 0 amide bonds. The van der Waals surface area contributed by atoms with E-state index in [4.69, 9.17) is 0 Å². The van der Waals surface area contributed by atoms with Gasteiger partial charge in [0.15, 0.2) is 5.82 Å². The predicted molar refractivity (Wildman–Crippen MR) is 83.7 cm³/mol. The lowest BCUT2D eigenvalue weighted by atomic mass is 10.1. The average Bonchev–Trinajstić information content (AvgIpc) is 2.41. The zero-order chi connectivity index (χ0) is 14.7. The predicted octanol–water partition coefficient (Wildman–Crippen LogP) is 3.56. The Morgan fingerprint density at radius 2 is 2.00 bits per heavy atom. The first-order chi connectivity index (χ1) is 9.52. The van der Waals surface area contributed by atoms with E-state index < -0.39 is 0 Å². The van der Waals surface area contributed by atoms with Crippen molar-refractivity contribution in [3.05, 3.63) is 28.3 Å². The smallest absolute Gasteiger partial charge is 0.180 e. The maximum atomic E-state index is 4.64. The Labute approximate surface area is 127 Å². The normalized spacial score (nSPS) is 10.9. The Kier molecular flexibility index (Phi) is 4.65. The van der Waals surface area contributed by atoms with Gasteiger partial charge in [-0.2, -0.15) is 0 Å². The van der Waals surface area contributed by atoms with Crippen molar-refractivity contribution in [2.75, 3.05) is 11.9 Å². The fourth-order valence-electron chi connectivity index (χ4n) is 1.83. The summed E-state index contributed by atoms with van der Waals surface area (Å²) in [7, 11) is 0. The van der Waals surface area contributed by atoms with Gasteiger partial charge in [0.05, 0.1) is 10.2 Å². The number of nitrogens with one attached hydrogen (secondary N) is 1. The first-order valence-corrected chi connectivity index (χ1v) is 7.43. The summed E-state index contributed by atoms with van der Waals surface area (Å²) in [5.41, 5.74) is 1.72. The number of aromatic nitrogens is 4. The number of hydrogen-bond donors (Lipinski definition) is 1. The van der Waals surface area contributed by atoms with Gasteiger partial charge in [-0.3, -0.25) is 0 Å². The molecule has 0 aliphatic heterocycles. The van der Waals surface area contributed by atoms with E-state index in [1.165, 1.54) is 0 Å². The molecule has 2 aromatic heterocycles. The summed E-state index contributed by atoms with van der Waals surface area (Å²) in [5, 5.41) is 3.25. The van der Waals surface area contributed by atoms with Gasteiger partial charge in [-0.25, -0.2) is 19.9 Å². The summed E-state index contributed by atoms with van der Waals surface area (Å²) in [4.78, 5) is 17.7. The Hall–Kier alpha value is -1.56. The van der Waals surface area contributed by atoms with Crippen LogP contribution in [0.2, 0.25) is 0 Å². The third kappa shape index (κ3) is 3.12. The summed E-state index contributed by atoms with van der Waals surface area (Å²) in [6, 6.07) is 1.83. The molecule has 0 aliphatic carbocycles. The van der Waals surface area contributed by atoms with Gasteiger partial charge in [-0.05, 0) is 41.8 Å². The maximum Gasteiger partial charge on any atom is 0.180 e. The van der Waals surface area contributed by atoms with E-state index in [1.54, 1.807) is 6.20 Å². The standard InChI is InChI=1S/C14H18BrN5/c1-5-16-14-11(15)12(8(2)3)19-13(20-14)10-6-7-17-9(4)18-10/h6-8H,5H2,1-4H3,(H,16,19,20). The van der Waals surface area contributed by atoms with Crippen LogP contribution in [0, 0.1) is 6.92 Å². The number of nitrogens with zero attached hydrogens (tertiary/aromatic N) is 4. The zero-order valence-electron chi connectivity index (χ0n) is 12.1. The molecule has 0 fully saturated rings. The van der Waals surface area contributed by atoms with Crippen LogP contribution < -0.4 is 5.32 Å². The van der Waals surface area contributed by atoms with Crippen LogP contribution >= 0.6 is 15.9 Å². The molecule has 2 heterocycles. The molecule has 0 aliphatic rings. The molecule has 5 nitrogen and oxygen atoms in total. The van der Waals surface area contributed by atoms with Crippen LogP contribution in [0.5, 0.6) is 0 Å². The third-order valence-corrected chi connectivity index (χ3v) is 3.55. The summed E-state index contributed by atoms with van der Waals surface area (Å²) in [6.45, 7) is 8.92. The Bertz CT molecular complexity index is 613. The molecule has 0 aromatic carbocycles. The highest BCUT2D eigenvalue weighted by atomic mass is 79.9. The summed E-state index contributed by atoms with van der Waals surface area (Å²) in [5.74, 6) is 2.44. The van der Waals surface area contributed by atoms with Crippen LogP contribution in [-0.4, -0.2) is 26.5 Å². The van der Waals surface area contributed by atoms with E-state index in [-0.39, 0.29) is 0 Å². The SMILES string of the molecule is CCNc1nc(-c2ccnc(C)n2)nc(C(C)C)c1Br. The summed E-state index contributed by atoms with van der Waals surface area (Å²) >= 11 is 3.58. The molecule has 0 radical (unpaired) electrons. The van der Waals surface area contributed by atoms with Gasteiger partial charge in [0, 0.05) is 12.7 Å². The Morgan fingerprint density at radius 3 is 2.60 bits per heavy atom. The van der Waals surface area contributed by atoms with Crippen molar-refractivity contribution >= 4 is 21.7 Å². The molecule has 0 spiro atoms. The summed E-state index contributed by atoms with van der Waals surface area (Å²) in [6.07, 6.45) is 1.73. The minimum Gasteiger partial charge on any atom is -0.369 e. The molecule has 0 saturated carbocycles. The average molecular weight is 336 g/mol. The Morgan fingerprint density at radius 1 is 1.25 bits per heavy atom. The van der Waals surface area contributed by atoms with E-state index >= 15 is 0 Å². The molecular formula is C14H18BrN5. The van der Waals surface area contributed by atoms with E-state index in [1.807, 2.05) is 19.9 Å². The highest BCUT2D eigenvalue weighted by molar-refractivity contribution is 9.10. The lowest BCUT2D eigenvalue weighted by molar-refractivity contribution is 0.808. The van der Waals surface area contributed by atoms with Crippen molar-refractivity contribution in [1.82, 2.24) is 19.9 Å². The molecule has 6 heteroatoms. The second kappa shape index (κ2) is 6.26. The quantitative estimate of drug-likeness (QED) is 0.925. The van der Waals surface area contributed by atoms with Gasteiger partial charge in [0.25, 0.3) is 0 Å². The largest absolute Gasteiger partial charge is 0.369 e. The van der Waals surface area contributed by atoms with Crippen LogP contribution in [0.25, 0.3) is 11.5 Å². The van der Waals surface area contributed by atoms with Crippen LogP contribution in [0.4, 0.5) is 5.82 Å². The molecule has 0 bridgehead atoms. The van der Waals surface area contributed by atoms with E-state index in [0.29, 0.717) is 17.6 Å². The van der Waals surface area contributed by atoms with Crippen LogP contribution in [0.15, 0.2) is 16.7 Å². The van der Waals surface area contributed by atoms with Gasteiger partial charge in [0.1, 0.15) is 17.3 Å². The van der Waals surface area contributed by atoms with Gasteiger partial charge in [-0.15, -0.1) is 0 Å².